The molecule has 1 N–H and O–H groups in total. The highest BCUT2D eigenvalue weighted by molar-refractivity contribution is 6.30. The highest BCUT2D eigenvalue weighted by Crippen LogP contribution is 2.38. The predicted octanol–water partition coefficient (Wildman–Crippen LogP) is 4.09. The summed E-state index contributed by atoms with van der Waals surface area (Å²) in [7, 11) is 0. The number of hydrogen-bond acceptors (Lipinski definition) is 5. The summed E-state index contributed by atoms with van der Waals surface area (Å²) in [6.45, 7) is 0. The maximum atomic E-state index is 12.1. The van der Waals surface area contributed by atoms with Gasteiger partial charge in [-0.2, -0.15) is 0 Å². The first-order valence-corrected chi connectivity index (χ1v) is 8.59. The van der Waals surface area contributed by atoms with E-state index in [-0.39, 0.29) is 44.0 Å². The molecule has 6 nitrogen and oxygen atoms in total. The van der Waals surface area contributed by atoms with Crippen molar-refractivity contribution in [3.63, 3.8) is 0 Å². The van der Waals surface area contributed by atoms with Gasteiger partial charge in [-0.15, -0.1) is 0 Å². The zero-order valence-corrected chi connectivity index (χ0v) is 14.8. The van der Waals surface area contributed by atoms with Gasteiger partial charge in [0.15, 0.2) is 25.1 Å². The second kappa shape index (κ2) is 6.76. The second-order valence-corrected chi connectivity index (χ2v) is 6.49. The van der Waals surface area contributed by atoms with Crippen LogP contribution in [0.1, 0.15) is 51.8 Å². The number of carboxylic acids is 1. The van der Waals surface area contributed by atoms with Crippen molar-refractivity contribution >= 4 is 63.4 Å². The first-order valence-electron chi connectivity index (χ1n) is 8.59. The van der Waals surface area contributed by atoms with Gasteiger partial charge in [0, 0.05) is 33.0 Å². The number of carbonyl (C=O) groups is 5. The highest BCUT2D eigenvalue weighted by Gasteiger charge is 2.23. The molecule has 0 saturated heterocycles. The van der Waals surface area contributed by atoms with E-state index in [1.807, 2.05) is 6.07 Å². The molecule has 0 amide bonds. The van der Waals surface area contributed by atoms with Crippen LogP contribution in [0.3, 0.4) is 0 Å². The Kier molecular flexibility index (Phi) is 4.24. The average molecular weight is 384 g/mol. The lowest BCUT2D eigenvalue weighted by Crippen LogP contribution is -2.07. The van der Waals surface area contributed by atoms with Gasteiger partial charge in [0.1, 0.15) is 0 Å². The van der Waals surface area contributed by atoms with Crippen molar-refractivity contribution in [2.24, 2.45) is 0 Å². The number of rotatable bonds is 5. The van der Waals surface area contributed by atoms with Crippen LogP contribution in [-0.4, -0.2) is 36.2 Å². The van der Waals surface area contributed by atoms with Gasteiger partial charge in [0.2, 0.25) is 0 Å². The third kappa shape index (κ3) is 2.46. The van der Waals surface area contributed by atoms with Crippen molar-refractivity contribution in [2.75, 3.05) is 0 Å². The molecule has 0 radical (unpaired) electrons. The molecular formula is C23H12O6. The van der Waals surface area contributed by atoms with E-state index >= 15 is 0 Å². The van der Waals surface area contributed by atoms with E-state index in [0.29, 0.717) is 35.9 Å². The number of aromatic carboxylic acids is 1. The minimum atomic E-state index is -1.22. The van der Waals surface area contributed by atoms with Gasteiger partial charge in [-0.1, -0.05) is 36.4 Å². The summed E-state index contributed by atoms with van der Waals surface area (Å²) in [6, 6.07) is 11.9. The maximum Gasteiger partial charge on any atom is 0.336 e. The van der Waals surface area contributed by atoms with Crippen LogP contribution in [0, 0.1) is 0 Å². The Labute approximate surface area is 163 Å². The van der Waals surface area contributed by atoms with Crippen molar-refractivity contribution in [1.29, 1.82) is 0 Å². The number of carboxylic acid groups (broad SMARTS) is 1. The third-order valence-electron chi connectivity index (χ3n) is 5.16. The van der Waals surface area contributed by atoms with Gasteiger partial charge >= 0.3 is 5.97 Å². The van der Waals surface area contributed by atoms with E-state index in [1.165, 1.54) is 6.07 Å². The molecule has 0 aliphatic rings. The van der Waals surface area contributed by atoms with Gasteiger partial charge in [-0.25, -0.2) is 4.79 Å². The molecule has 4 aromatic rings. The van der Waals surface area contributed by atoms with Crippen molar-refractivity contribution in [2.45, 2.75) is 0 Å². The van der Waals surface area contributed by atoms with Crippen LogP contribution in [0.4, 0.5) is 0 Å². The van der Waals surface area contributed by atoms with Gasteiger partial charge < -0.3 is 5.11 Å². The van der Waals surface area contributed by atoms with Crippen LogP contribution < -0.4 is 0 Å². The van der Waals surface area contributed by atoms with Crippen molar-refractivity contribution in [3.05, 3.63) is 70.3 Å². The fourth-order valence-electron chi connectivity index (χ4n) is 3.95. The zero-order chi connectivity index (χ0) is 20.7. The summed E-state index contributed by atoms with van der Waals surface area (Å²) in [6.07, 6.45) is 1.53. The zero-order valence-electron chi connectivity index (χ0n) is 14.8. The molecule has 0 atom stereocenters. The molecule has 6 heteroatoms. The summed E-state index contributed by atoms with van der Waals surface area (Å²) >= 11 is 0. The number of hydrogen-bond donors (Lipinski definition) is 1. The Hall–Kier alpha value is -4.19. The SMILES string of the molecule is O=Cc1c(C=O)c(C=O)c2c(ccc3c4ccccc4cc(C(=O)O)c32)c1C=O. The van der Waals surface area contributed by atoms with Crippen LogP contribution in [0.25, 0.3) is 32.3 Å². The first-order chi connectivity index (χ1) is 14.1. The Morgan fingerprint density at radius 3 is 1.86 bits per heavy atom. The van der Waals surface area contributed by atoms with Gasteiger partial charge in [0.25, 0.3) is 0 Å². The molecule has 0 aromatic heterocycles. The van der Waals surface area contributed by atoms with Crippen LogP contribution in [0.2, 0.25) is 0 Å². The lowest BCUT2D eigenvalue weighted by atomic mass is 9.85. The molecule has 0 bridgehead atoms. The quantitative estimate of drug-likeness (QED) is 0.410. The lowest BCUT2D eigenvalue weighted by Gasteiger charge is -2.16. The van der Waals surface area contributed by atoms with E-state index in [0.717, 1.165) is 5.39 Å². The van der Waals surface area contributed by atoms with E-state index in [2.05, 4.69) is 0 Å². The average Bonchev–Trinajstić information content (AvgIpc) is 2.75. The van der Waals surface area contributed by atoms with Gasteiger partial charge in [0.05, 0.1) is 5.56 Å². The Balaban J connectivity index is 2.45. The lowest BCUT2D eigenvalue weighted by molar-refractivity contribution is 0.0698. The van der Waals surface area contributed by atoms with Gasteiger partial charge in [-0.3, -0.25) is 19.2 Å². The van der Waals surface area contributed by atoms with Crippen LogP contribution >= 0.6 is 0 Å². The molecule has 0 spiro atoms. The predicted molar refractivity (Wildman–Crippen MR) is 107 cm³/mol. The molecule has 0 unspecified atom stereocenters. The van der Waals surface area contributed by atoms with Crippen LogP contribution in [-0.2, 0) is 0 Å². The monoisotopic (exact) mass is 384 g/mol. The van der Waals surface area contributed by atoms with Crippen molar-refractivity contribution < 1.29 is 29.1 Å². The molecule has 0 aliphatic carbocycles. The van der Waals surface area contributed by atoms with Crippen molar-refractivity contribution in [3.8, 4) is 0 Å². The van der Waals surface area contributed by atoms with E-state index in [4.69, 9.17) is 0 Å². The summed E-state index contributed by atoms with van der Waals surface area (Å²) < 4.78 is 0. The Morgan fingerprint density at radius 2 is 1.24 bits per heavy atom. The molecule has 0 aliphatic heterocycles. The Bertz CT molecular complexity index is 1400. The maximum absolute atomic E-state index is 12.1. The highest BCUT2D eigenvalue weighted by atomic mass is 16.4. The summed E-state index contributed by atoms with van der Waals surface area (Å²) in [5.74, 6) is -1.22. The number of fused-ring (bicyclic) bond motifs is 5. The van der Waals surface area contributed by atoms with E-state index in [9.17, 15) is 29.1 Å². The molecule has 0 fully saturated rings. The number of carbonyl (C=O) groups excluding carboxylic acids is 4. The summed E-state index contributed by atoms with van der Waals surface area (Å²) in [5, 5.41) is 12.5. The molecule has 140 valence electrons. The number of benzene rings is 4. The largest absolute Gasteiger partial charge is 0.478 e. The second-order valence-electron chi connectivity index (χ2n) is 6.49. The molecule has 4 aromatic carbocycles. The minimum absolute atomic E-state index is 0.0610. The third-order valence-corrected chi connectivity index (χ3v) is 5.16. The Morgan fingerprint density at radius 1 is 0.655 bits per heavy atom. The molecular weight excluding hydrogens is 372 g/mol. The minimum Gasteiger partial charge on any atom is -0.478 e. The first kappa shape index (κ1) is 18.2. The fourth-order valence-corrected chi connectivity index (χ4v) is 3.95. The summed E-state index contributed by atoms with van der Waals surface area (Å²) in [5.41, 5.74) is -0.677. The molecule has 29 heavy (non-hydrogen) atoms. The molecule has 0 saturated carbocycles. The molecule has 4 rings (SSSR count). The summed E-state index contributed by atoms with van der Waals surface area (Å²) in [4.78, 5) is 59.0. The van der Waals surface area contributed by atoms with Crippen LogP contribution in [0.15, 0.2) is 42.5 Å². The van der Waals surface area contributed by atoms with Crippen LogP contribution in [0.5, 0.6) is 0 Å². The number of aldehydes is 4. The standard InChI is InChI=1S/C23H12O6/c24-8-17-15-6-5-14-13-4-2-1-3-12(13)7-16(23(28)29)21(14)22(15)20(11-27)19(10-26)18(17)9-25/h1-11H,(H,28,29). The smallest absolute Gasteiger partial charge is 0.336 e. The van der Waals surface area contributed by atoms with E-state index < -0.39 is 5.97 Å². The fraction of sp³-hybridized carbons (Fsp3) is 0. The van der Waals surface area contributed by atoms with Crippen molar-refractivity contribution in [1.82, 2.24) is 0 Å². The molecule has 0 heterocycles. The van der Waals surface area contributed by atoms with Gasteiger partial charge in [-0.05, 0) is 27.6 Å². The normalized spacial score (nSPS) is 10.9. The van der Waals surface area contributed by atoms with E-state index in [1.54, 1.807) is 30.3 Å². The topological polar surface area (TPSA) is 106 Å².